The minimum absolute atomic E-state index is 0.0270. The number of benzene rings is 1. The van der Waals surface area contributed by atoms with Crippen LogP contribution in [0.25, 0.3) is 11.3 Å². The summed E-state index contributed by atoms with van der Waals surface area (Å²) >= 11 is 0. The molecule has 7 nitrogen and oxygen atoms in total. The zero-order valence-electron chi connectivity index (χ0n) is 16.8. The van der Waals surface area contributed by atoms with Crippen molar-refractivity contribution < 1.29 is 14.3 Å². The molecule has 2 aliphatic rings. The van der Waals surface area contributed by atoms with Gasteiger partial charge in [-0.1, -0.05) is 12.1 Å². The minimum Gasteiger partial charge on any atom is -0.496 e. The van der Waals surface area contributed by atoms with Gasteiger partial charge in [-0.3, -0.25) is 4.79 Å². The van der Waals surface area contributed by atoms with Crippen LogP contribution in [0, 0.1) is 5.92 Å². The van der Waals surface area contributed by atoms with E-state index in [1.54, 1.807) is 7.11 Å². The Labute approximate surface area is 171 Å². The lowest BCUT2D eigenvalue weighted by Gasteiger charge is -2.32. The molecule has 2 aromatic rings. The number of nitrogens with one attached hydrogen (secondary N) is 1. The van der Waals surface area contributed by atoms with E-state index >= 15 is 0 Å². The summed E-state index contributed by atoms with van der Waals surface area (Å²) in [6.07, 6.45) is 4.16. The molecule has 0 aliphatic carbocycles. The van der Waals surface area contributed by atoms with E-state index < -0.39 is 0 Å². The van der Waals surface area contributed by atoms with Crippen molar-refractivity contribution in [3.63, 3.8) is 0 Å². The number of carbonyl (C=O) groups is 1. The molecule has 2 saturated heterocycles. The average molecular weight is 396 g/mol. The first kappa shape index (κ1) is 19.6. The normalized spacial score (nSPS) is 21.8. The Morgan fingerprint density at radius 2 is 2.10 bits per heavy atom. The predicted molar refractivity (Wildman–Crippen MR) is 111 cm³/mol. The summed E-state index contributed by atoms with van der Waals surface area (Å²) in [5.74, 6) is 1.67. The van der Waals surface area contributed by atoms with E-state index in [0.717, 1.165) is 61.7 Å². The maximum atomic E-state index is 12.6. The maximum absolute atomic E-state index is 12.6. The molecule has 1 N–H and O–H groups in total. The molecule has 2 aliphatic heterocycles. The van der Waals surface area contributed by atoms with Gasteiger partial charge in [-0.15, -0.1) is 10.2 Å². The van der Waals surface area contributed by atoms with Crippen LogP contribution in [-0.2, 0) is 9.53 Å². The average Bonchev–Trinajstić information content (AvgIpc) is 3.31. The molecule has 7 heteroatoms. The molecular weight excluding hydrogens is 368 g/mol. The fourth-order valence-electron chi connectivity index (χ4n) is 4.06. The molecule has 2 fully saturated rings. The zero-order chi connectivity index (χ0) is 20.1. The molecule has 2 atom stereocenters. The molecule has 29 heavy (non-hydrogen) atoms. The number of anilines is 1. The standard InChI is InChI=1S/C22H28N4O3/c1-28-20-9-3-2-8-18(20)19-10-11-21(25-24-19)26-12-4-6-16(15-26)22(27)23-14-17-7-5-13-29-17/h2-3,8-11,16-17H,4-7,12-15H2,1H3,(H,23,27). The summed E-state index contributed by atoms with van der Waals surface area (Å²) in [6.45, 7) is 2.97. The van der Waals surface area contributed by atoms with Gasteiger partial charge in [-0.25, -0.2) is 0 Å². The molecule has 0 saturated carbocycles. The second-order valence-electron chi connectivity index (χ2n) is 7.64. The fourth-order valence-corrected chi connectivity index (χ4v) is 4.06. The lowest BCUT2D eigenvalue weighted by atomic mass is 9.97. The Hall–Kier alpha value is -2.67. The Morgan fingerprint density at radius 3 is 2.86 bits per heavy atom. The predicted octanol–water partition coefficient (Wildman–Crippen LogP) is 2.66. The van der Waals surface area contributed by atoms with Crippen molar-refractivity contribution in [1.29, 1.82) is 0 Å². The van der Waals surface area contributed by atoms with Gasteiger partial charge in [0.05, 0.1) is 24.8 Å². The first-order valence-corrected chi connectivity index (χ1v) is 10.4. The number of aromatic nitrogens is 2. The first-order chi connectivity index (χ1) is 14.2. The minimum atomic E-state index is -0.0270. The van der Waals surface area contributed by atoms with Gasteiger partial charge >= 0.3 is 0 Å². The molecule has 1 amide bonds. The third kappa shape index (κ3) is 4.67. The van der Waals surface area contributed by atoms with Crippen LogP contribution < -0.4 is 15.0 Å². The van der Waals surface area contributed by atoms with Crippen LogP contribution in [0.2, 0.25) is 0 Å². The Kier molecular flexibility index (Phi) is 6.24. The third-order valence-electron chi connectivity index (χ3n) is 5.68. The molecule has 3 heterocycles. The lowest BCUT2D eigenvalue weighted by Crippen LogP contribution is -2.45. The van der Waals surface area contributed by atoms with Crippen LogP contribution in [0.1, 0.15) is 25.7 Å². The van der Waals surface area contributed by atoms with Gasteiger partial charge in [0.2, 0.25) is 5.91 Å². The van der Waals surface area contributed by atoms with Crippen LogP contribution in [0.4, 0.5) is 5.82 Å². The molecule has 0 bridgehead atoms. The Balaban J connectivity index is 1.38. The van der Waals surface area contributed by atoms with E-state index in [-0.39, 0.29) is 17.9 Å². The summed E-state index contributed by atoms with van der Waals surface area (Å²) in [6, 6.07) is 11.7. The van der Waals surface area contributed by atoms with Gasteiger partial charge in [-0.2, -0.15) is 0 Å². The largest absolute Gasteiger partial charge is 0.496 e. The third-order valence-corrected chi connectivity index (χ3v) is 5.68. The highest BCUT2D eigenvalue weighted by molar-refractivity contribution is 5.79. The Morgan fingerprint density at radius 1 is 1.21 bits per heavy atom. The maximum Gasteiger partial charge on any atom is 0.224 e. The number of methoxy groups -OCH3 is 1. The van der Waals surface area contributed by atoms with Gasteiger partial charge in [0.1, 0.15) is 5.75 Å². The molecular formula is C22H28N4O3. The lowest BCUT2D eigenvalue weighted by molar-refractivity contribution is -0.125. The van der Waals surface area contributed by atoms with E-state index in [1.807, 2.05) is 36.4 Å². The summed E-state index contributed by atoms with van der Waals surface area (Å²) in [5, 5.41) is 11.9. The smallest absolute Gasteiger partial charge is 0.224 e. The van der Waals surface area contributed by atoms with Crippen LogP contribution in [0.5, 0.6) is 5.75 Å². The molecule has 0 radical (unpaired) electrons. The van der Waals surface area contributed by atoms with E-state index in [2.05, 4.69) is 20.4 Å². The Bertz CT molecular complexity index is 821. The highest BCUT2D eigenvalue weighted by atomic mass is 16.5. The number of rotatable bonds is 6. The van der Waals surface area contributed by atoms with Gasteiger partial charge in [0.25, 0.3) is 0 Å². The number of nitrogens with zero attached hydrogens (tertiary/aromatic N) is 3. The number of hydrogen-bond donors (Lipinski definition) is 1. The molecule has 0 spiro atoms. The number of ether oxygens (including phenoxy) is 2. The molecule has 154 valence electrons. The topological polar surface area (TPSA) is 76.6 Å². The second-order valence-corrected chi connectivity index (χ2v) is 7.64. The van der Waals surface area contributed by atoms with Crippen molar-refractivity contribution in [2.75, 3.05) is 38.3 Å². The quantitative estimate of drug-likeness (QED) is 0.809. The summed E-state index contributed by atoms with van der Waals surface area (Å²) in [4.78, 5) is 14.7. The molecule has 1 aromatic heterocycles. The summed E-state index contributed by atoms with van der Waals surface area (Å²) in [5.41, 5.74) is 1.69. The van der Waals surface area contributed by atoms with Crippen molar-refractivity contribution in [2.45, 2.75) is 31.8 Å². The first-order valence-electron chi connectivity index (χ1n) is 10.4. The number of piperidine rings is 1. The molecule has 1 aromatic carbocycles. The zero-order valence-corrected chi connectivity index (χ0v) is 16.8. The van der Waals surface area contributed by atoms with Crippen molar-refractivity contribution in [3.8, 4) is 17.0 Å². The molecule has 4 rings (SSSR count). The van der Waals surface area contributed by atoms with Crippen molar-refractivity contribution in [3.05, 3.63) is 36.4 Å². The van der Waals surface area contributed by atoms with E-state index in [0.29, 0.717) is 13.1 Å². The fraction of sp³-hybridized carbons (Fsp3) is 0.500. The number of hydrogen-bond acceptors (Lipinski definition) is 6. The van der Waals surface area contributed by atoms with Gasteiger partial charge in [-0.05, 0) is 49.9 Å². The van der Waals surface area contributed by atoms with E-state index in [9.17, 15) is 4.79 Å². The van der Waals surface area contributed by atoms with Crippen molar-refractivity contribution in [2.24, 2.45) is 5.92 Å². The highest BCUT2D eigenvalue weighted by Gasteiger charge is 2.27. The van der Waals surface area contributed by atoms with Crippen LogP contribution >= 0.6 is 0 Å². The van der Waals surface area contributed by atoms with Crippen molar-refractivity contribution >= 4 is 11.7 Å². The van der Waals surface area contributed by atoms with Crippen LogP contribution in [0.15, 0.2) is 36.4 Å². The number of para-hydroxylation sites is 1. The van der Waals surface area contributed by atoms with E-state index in [4.69, 9.17) is 9.47 Å². The molecule has 2 unspecified atom stereocenters. The van der Waals surface area contributed by atoms with Gasteiger partial charge < -0.3 is 19.7 Å². The SMILES string of the molecule is COc1ccccc1-c1ccc(N2CCCC(C(=O)NCC3CCCO3)C2)nn1. The van der Waals surface area contributed by atoms with Crippen molar-refractivity contribution in [1.82, 2.24) is 15.5 Å². The van der Waals surface area contributed by atoms with Gasteiger partial charge in [0, 0.05) is 31.8 Å². The van der Waals surface area contributed by atoms with Crippen LogP contribution in [-0.4, -0.2) is 55.6 Å². The second kappa shape index (κ2) is 9.22. The van der Waals surface area contributed by atoms with Crippen LogP contribution in [0.3, 0.4) is 0 Å². The summed E-state index contributed by atoms with van der Waals surface area (Å²) < 4.78 is 11.0. The monoisotopic (exact) mass is 396 g/mol. The number of amides is 1. The van der Waals surface area contributed by atoms with Gasteiger partial charge in [0.15, 0.2) is 5.82 Å². The summed E-state index contributed by atoms with van der Waals surface area (Å²) in [7, 11) is 1.65. The van der Waals surface area contributed by atoms with E-state index in [1.165, 1.54) is 0 Å². The number of carbonyl (C=O) groups excluding carboxylic acids is 1. The highest BCUT2D eigenvalue weighted by Crippen LogP contribution is 2.29.